The second-order valence-corrected chi connectivity index (χ2v) is 5.39. The number of anilines is 1. The number of para-hydroxylation sites is 3. The minimum atomic E-state index is -0.138. The van der Waals surface area contributed by atoms with Gasteiger partial charge in [-0.15, -0.1) is 0 Å². The van der Waals surface area contributed by atoms with Crippen molar-refractivity contribution in [1.29, 1.82) is 0 Å². The van der Waals surface area contributed by atoms with Crippen LogP contribution in [0.1, 0.15) is 6.42 Å². The van der Waals surface area contributed by atoms with Crippen molar-refractivity contribution in [2.24, 2.45) is 0 Å². The summed E-state index contributed by atoms with van der Waals surface area (Å²) in [6, 6.07) is 14.4. The van der Waals surface area contributed by atoms with Gasteiger partial charge in [0.1, 0.15) is 18.4 Å². The highest BCUT2D eigenvalue weighted by atomic mass is 35.5. The van der Waals surface area contributed by atoms with E-state index < -0.39 is 0 Å². The van der Waals surface area contributed by atoms with E-state index in [4.69, 9.17) is 16.3 Å². The lowest BCUT2D eigenvalue weighted by atomic mass is 10.2. The first-order chi connectivity index (χ1) is 11.7. The molecule has 0 aliphatic rings. The first-order valence-corrected chi connectivity index (χ1v) is 7.74. The summed E-state index contributed by atoms with van der Waals surface area (Å²) in [7, 11) is 0. The first-order valence-electron chi connectivity index (χ1n) is 7.36. The molecule has 24 heavy (non-hydrogen) atoms. The van der Waals surface area contributed by atoms with Crippen molar-refractivity contribution in [1.82, 2.24) is 14.8 Å². The number of hydrogen-bond acceptors (Lipinski definition) is 4. The van der Waals surface area contributed by atoms with Gasteiger partial charge >= 0.3 is 0 Å². The molecule has 0 radical (unpaired) electrons. The molecule has 1 N–H and O–H groups in total. The van der Waals surface area contributed by atoms with Crippen LogP contribution in [-0.4, -0.2) is 20.7 Å². The maximum absolute atomic E-state index is 12.1. The van der Waals surface area contributed by atoms with Crippen molar-refractivity contribution in [3.05, 3.63) is 66.2 Å². The van der Waals surface area contributed by atoms with E-state index in [-0.39, 0.29) is 12.3 Å². The van der Waals surface area contributed by atoms with Crippen LogP contribution in [-0.2, 0) is 11.3 Å². The molecule has 0 saturated carbocycles. The molecule has 0 saturated heterocycles. The Kier molecular flexibility index (Phi) is 5.08. The van der Waals surface area contributed by atoms with E-state index in [0.717, 1.165) is 0 Å². The number of benzene rings is 2. The molecular weight excluding hydrogens is 328 g/mol. The maximum Gasteiger partial charge on any atom is 0.226 e. The number of ether oxygens (including phenoxy) is 1. The zero-order chi connectivity index (χ0) is 16.8. The third-order valence-corrected chi connectivity index (χ3v) is 3.56. The van der Waals surface area contributed by atoms with Crippen molar-refractivity contribution in [2.45, 2.75) is 13.0 Å². The van der Waals surface area contributed by atoms with Crippen molar-refractivity contribution < 1.29 is 9.53 Å². The molecule has 0 aliphatic heterocycles. The number of amides is 1. The Balaban J connectivity index is 1.67. The summed E-state index contributed by atoms with van der Waals surface area (Å²) in [5.74, 6) is 0.920. The standard InChI is InChI=1S/C17H15ClN4O2/c18-13-5-1-3-7-15(13)24-16-8-4-2-6-14(16)21-17(23)9-10-22-12-19-11-20-22/h1-8,11-12H,9-10H2,(H,21,23). The van der Waals surface area contributed by atoms with E-state index in [1.807, 2.05) is 24.3 Å². The van der Waals surface area contributed by atoms with E-state index in [9.17, 15) is 4.79 Å². The van der Waals surface area contributed by atoms with Crippen LogP contribution >= 0.6 is 11.6 Å². The highest BCUT2D eigenvalue weighted by Gasteiger charge is 2.10. The Labute approximate surface area is 144 Å². The summed E-state index contributed by atoms with van der Waals surface area (Å²) < 4.78 is 7.42. The predicted octanol–water partition coefficient (Wildman–Crippen LogP) is 3.75. The summed E-state index contributed by atoms with van der Waals surface area (Å²) in [6.07, 6.45) is 3.29. The number of carbonyl (C=O) groups is 1. The Bertz CT molecular complexity index is 821. The zero-order valence-electron chi connectivity index (χ0n) is 12.7. The highest BCUT2D eigenvalue weighted by molar-refractivity contribution is 6.32. The van der Waals surface area contributed by atoms with E-state index in [0.29, 0.717) is 28.8 Å². The SMILES string of the molecule is O=C(CCn1cncn1)Nc1ccccc1Oc1ccccc1Cl. The molecule has 0 atom stereocenters. The molecule has 1 heterocycles. The normalized spacial score (nSPS) is 10.4. The number of carbonyl (C=O) groups excluding carboxylic acids is 1. The lowest BCUT2D eigenvalue weighted by Crippen LogP contribution is -2.15. The summed E-state index contributed by atoms with van der Waals surface area (Å²) in [5, 5.41) is 7.31. The molecule has 3 rings (SSSR count). The smallest absolute Gasteiger partial charge is 0.226 e. The van der Waals surface area contributed by atoms with Gasteiger partial charge in [-0.2, -0.15) is 5.10 Å². The summed E-state index contributed by atoms with van der Waals surface area (Å²) in [4.78, 5) is 16.0. The molecule has 122 valence electrons. The predicted molar refractivity (Wildman–Crippen MR) is 91.2 cm³/mol. The Morgan fingerprint density at radius 1 is 1.12 bits per heavy atom. The first kappa shape index (κ1) is 16.0. The number of nitrogens with one attached hydrogen (secondary N) is 1. The molecule has 1 amide bonds. The van der Waals surface area contributed by atoms with Crippen molar-refractivity contribution >= 4 is 23.2 Å². The molecule has 0 aliphatic carbocycles. The molecular formula is C17H15ClN4O2. The van der Waals surface area contributed by atoms with Crippen molar-refractivity contribution in [2.75, 3.05) is 5.32 Å². The van der Waals surface area contributed by atoms with Crippen LogP contribution in [0.25, 0.3) is 0 Å². The zero-order valence-corrected chi connectivity index (χ0v) is 13.5. The topological polar surface area (TPSA) is 69.0 Å². The molecule has 0 unspecified atom stereocenters. The van der Waals surface area contributed by atoms with Gasteiger partial charge in [0, 0.05) is 6.42 Å². The molecule has 0 fully saturated rings. The molecule has 0 spiro atoms. The lowest BCUT2D eigenvalue weighted by Gasteiger charge is -2.13. The van der Waals surface area contributed by atoms with E-state index >= 15 is 0 Å². The van der Waals surface area contributed by atoms with Gasteiger partial charge in [-0.1, -0.05) is 35.9 Å². The van der Waals surface area contributed by atoms with Gasteiger partial charge in [-0.3, -0.25) is 9.48 Å². The number of nitrogens with zero attached hydrogens (tertiary/aromatic N) is 3. The van der Waals surface area contributed by atoms with E-state index in [1.54, 1.807) is 35.3 Å². The average Bonchev–Trinajstić information content (AvgIpc) is 3.10. The van der Waals surface area contributed by atoms with Crippen LogP contribution in [0.2, 0.25) is 5.02 Å². The van der Waals surface area contributed by atoms with E-state index in [1.165, 1.54) is 6.33 Å². The summed E-state index contributed by atoms with van der Waals surface area (Å²) in [5.41, 5.74) is 0.584. The van der Waals surface area contributed by atoms with Crippen LogP contribution in [0.5, 0.6) is 11.5 Å². The molecule has 3 aromatic rings. The minimum Gasteiger partial charge on any atom is -0.454 e. The van der Waals surface area contributed by atoms with Crippen LogP contribution in [0.3, 0.4) is 0 Å². The lowest BCUT2D eigenvalue weighted by molar-refractivity contribution is -0.116. The molecule has 6 nitrogen and oxygen atoms in total. The minimum absolute atomic E-state index is 0.138. The van der Waals surface area contributed by atoms with Gasteiger partial charge in [0.25, 0.3) is 0 Å². The van der Waals surface area contributed by atoms with Crippen molar-refractivity contribution in [3.8, 4) is 11.5 Å². The van der Waals surface area contributed by atoms with Crippen molar-refractivity contribution in [3.63, 3.8) is 0 Å². The van der Waals surface area contributed by atoms with Crippen LogP contribution in [0.15, 0.2) is 61.2 Å². The Morgan fingerprint density at radius 3 is 2.62 bits per heavy atom. The number of rotatable bonds is 6. The largest absolute Gasteiger partial charge is 0.454 e. The Hall–Kier alpha value is -2.86. The number of aromatic nitrogens is 3. The van der Waals surface area contributed by atoms with Gasteiger partial charge in [0.05, 0.1) is 17.3 Å². The molecule has 7 heteroatoms. The monoisotopic (exact) mass is 342 g/mol. The molecule has 0 bridgehead atoms. The van der Waals surface area contributed by atoms with E-state index in [2.05, 4.69) is 15.4 Å². The van der Waals surface area contributed by atoms with Gasteiger partial charge < -0.3 is 10.1 Å². The quantitative estimate of drug-likeness (QED) is 0.740. The fourth-order valence-electron chi connectivity index (χ4n) is 2.08. The molecule has 2 aromatic carbocycles. The maximum atomic E-state index is 12.1. The Morgan fingerprint density at radius 2 is 1.88 bits per heavy atom. The number of aryl methyl sites for hydroxylation is 1. The molecule has 1 aromatic heterocycles. The fraction of sp³-hybridized carbons (Fsp3) is 0.118. The van der Waals surface area contributed by atoms with Crippen LogP contribution < -0.4 is 10.1 Å². The van der Waals surface area contributed by atoms with Gasteiger partial charge in [-0.25, -0.2) is 4.98 Å². The third-order valence-electron chi connectivity index (χ3n) is 3.25. The van der Waals surface area contributed by atoms with Crippen LogP contribution in [0, 0.1) is 0 Å². The second-order valence-electron chi connectivity index (χ2n) is 4.99. The van der Waals surface area contributed by atoms with Gasteiger partial charge in [0.15, 0.2) is 5.75 Å². The fourth-order valence-corrected chi connectivity index (χ4v) is 2.26. The average molecular weight is 343 g/mol. The van der Waals surface area contributed by atoms with Gasteiger partial charge in [0.2, 0.25) is 5.91 Å². The second kappa shape index (κ2) is 7.61. The van der Waals surface area contributed by atoms with Gasteiger partial charge in [-0.05, 0) is 24.3 Å². The summed E-state index contributed by atoms with van der Waals surface area (Å²) in [6.45, 7) is 0.458. The third kappa shape index (κ3) is 4.11. The number of halogens is 1. The van der Waals surface area contributed by atoms with Crippen LogP contribution in [0.4, 0.5) is 5.69 Å². The summed E-state index contributed by atoms with van der Waals surface area (Å²) >= 11 is 6.11. The highest BCUT2D eigenvalue weighted by Crippen LogP contribution is 2.33. The number of hydrogen-bond donors (Lipinski definition) is 1.